The van der Waals surface area contributed by atoms with Crippen LogP contribution in [0.3, 0.4) is 0 Å². The molecule has 0 spiro atoms. The van der Waals surface area contributed by atoms with Gasteiger partial charge in [-0.2, -0.15) is 15.2 Å². The van der Waals surface area contributed by atoms with E-state index in [0.717, 1.165) is 0 Å². The number of rotatable bonds is 5. The number of anilines is 1. The molecule has 0 radical (unpaired) electrons. The van der Waals surface area contributed by atoms with E-state index in [9.17, 15) is 9.59 Å². The summed E-state index contributed by atoms with van der Waals surface area (Å²) in [4.78, 5) is 27.9. The Hall–Kier alpha value is -3.61. The first kappa shape index (κ1) is 16.3. The number of ketones is 1. The molecule has 0 amide bonds. The van der Waals surface area contributed by atoms with E-state index in [4.69, 9.17) is 0 Å². The van der Waals surface area contributed by atoms with Crippen molar-refractivity contribution >= 4 is 17.3 Å². The predicted octanol–water partition coefficient (Wildman–Crippen LogP) is 2.17. The summed E-state index contributed by atoms with van der Waals surface area (Å²) in [5.74, 6) is -0.0483. The van der Waals surface area contributed by atoms with Gasteiger partial charge in [0.15, 0.2) is 5.82 Å². The van der Waals surface area contributed by atoms with E-state index in [2.05, 4.69) is 25.7 Å². The molecule has 0 fully saturated rings. The van der Waals surface area contributed by atoms with Gasteiger partial charge in [-0.1, -0.05) is 60.7 Å². The first-order valence-corrected chi connectivity index (χ1v) is 7.57. The Balaban J connectivity index is 2.01. The summed E-state index contributed by atoms with van der Waals surface area (Å²) in [5.41, 5.74) is 3.92. The van der Waals surface area contributed by atoms with Crippen molar-refractivity contribution in [1.29, 1.82) is 0 Å². The van der Waals surface area contributed by atoms with Crippen LogP contribution in [-0.4, -0.2) is 26.7 Å². The van der Waals surface area contributed by atoms with Gasteiger partial charge in [-0.15, -0.1) is 0 Å². The molecule has 3 aromatic rings. The summed E-state index contributed by atoms with van der Waals surface area (Å²) in [6.45, 7) is 1.67. The molecule has 3 rings (SSSR count). The third-order valence-corrected chi connectivity index (χ3v) is 3.45. The Morgan fingerprint density at radius 1 is 1.00 bits per heavy atom. The maximum absolute atomic E-state index is 12.8. The van der Waals surface area contributed by atoms with Crippen LogP contribution in [0.5, 0.6) is 0 Å². The summed E-state index contributed by atoms with van der Waals surface area (Å²) in [6.07, 6.45) is 0. The average molecular weight is 333 g/mol. The topological polar surface area (TPSA) is 100 Å². The smallest absolute Gasteiger partial charge is 0.287 e. The average Bonchev–Trinajstić information content (AvgIpc) is 2.66. The monoisotopic (exact) mass is 333 g/mol. The number of aromatic nitrogens is 3. The van der Waals surface area contributed by atoms with Crippen LogP contribution < -0.4 is 11.1 Å². The van der Waals surface area contributed by atoms with Crippen LogP contribution in [-0.2, 0) is 0 Å². The van der Waals surface area contributed by atoms with Crippen LogP contribution in [0.1, 0.15) is 21.6 Å². The second-order valence-electron chi connectivity index (χ2n) is 5.21. The molecule has 2 N–H and O–H groups in total. The van der Waals surface area contributed by atoms with Crippen molar-refractivity contribution in [3.05, 3.63) is 88.0 Å². The van der Waals surface area contributed by atoms with Gasteiger partial charge in [-0.05, 0) is 6.92 Å². The zero-order valence-corrected chi connectivity index (χ0v) is 13.4. The minimum atomic E-state index is -0.598. The molecule has 1 heterocycles. The third kappa shape index (κ3) is 3.84. The van der Waals surface area contributed by atoms with E-state index >= 15 is 0 Å². The Morgan fingerprint density at radius 3 is 2.24 bits per heavy atom. The Morgan fingerprint density at radius 2 is 1.60 bits per heavy atom. The summed E-state index contributed by atoms with van der Waals surface area (Å²) in [6, 6.07) is 17.9. The molecule has 0 aliphatic carbocycles. The van der Waals surface area contributed by atoms with Crippen molar-refractivity contribution < 1.29 is 4.79 Å². The van der Waals surface area contributed by atoms with Gasteiger partial charge in [0, 0.05) is 11.1 Å². The third-order valence-electron chi connectivity index (χ3n) is 3.45. The minimum Gasteiger partial charge on any atom is -0.287 e. The molecular weight excluding hydrogens is 318 g/mol. The maximum Gasteiger partial charge on any atom is 0.363 e. The quantitative estimate of drug-likeness (QED) is 0.423. The molecule has 0 atom stereocenters. The SMILES string of the molecule is Cc1n[nH]c(=O)nc1NN=C(C(=O)c1ccccc1)c1ccccc1. The van der Waals surface area contributed by atoms with Crippen LogP contribution in [0, 0.1) is 6.92 Å². The highest BCUT2D eigenvalue weighted by molar-refractivity contribution is 6.51. The number of H-pyrrole nitrogens is 1. The van der Waals surface area contributed by atoms with Gasteiger partial charge in [-0.25, -0.2) is 9.89 Å². The molecule has 0 saturated heterocycles. The number of aryl methyl sites for hydroxylation is 1. The summed E-state index contributed by atoms with van der Waals surface area (Å²) >= 11 is 0. The van der Waals surface area contributed by atoms with Gasteiger partial charge < -0.3 is 0 Å². The van der Waals surface area contributed by atoms with E-state index in [0.29, 0.717) is 16.8 Å². The van der Waals surface area contributed by atoms with Crippen LogP contribution in [0.25, 0.3) is 0 Å². The normalized spacial score (nSPS) is 11.2. The van der Waals surface area contributed by atoms with E-state index in [1.54, 1.807) is 43.3 Å². The minimum absolute atomic E-state index is 0.193. The maximum atomic E-state index is 12.8. The van der Waals surface area contributed by atoms with Gasteiger partial charge in [0.2, 0.25) is 5.78 Å². The van der Waals surface area contributed by atoms with Crippen LogP contribution in [0.4, 0.5) is 5.82 Å². The first-order chi connectivity index (χ1) is 12.1. The van der Waals surface area contributed by atoms with Gasteiger partial charge in [-0.3, -0.25) is 10.2 Å². The zero-order chi connectivity index (χ0) is 17.6. The first-order valence-electron chi connectivity index (χ1n) is 7.57. The van der Waals surface area contributed by atoms with Crippen molar-refractivity contribution in [2.24, 2.45) is 5.10 Å². The summed E-state index contributed by atoms with van der Waals surface area (Å²) < 4.78 is 0. The molecule has 7 nitrogen and oxygen atoms in total. The fraction of sp³-hybridized carbons (Fsp3) is 0.0556. The Kier molecular flexibility index (Phi) is 4.75. The molecule has 0 unspecified atom stereocenters. The Labute approximate surface area is 143 Å². The predicted molar refractivity (Wildman–Crippen MR) is 94.8 cm³/mol. The molecule has 0 aliphatic rings. The van der Waals surface area contributed by atoms with E-state index in [1.165, 1.54) is 0 Å². The van der Waals surface area contributed by atoms with E-state index in [-0.39, 0.29) is 17.3 Å². The lowest BCUT2D eigenvalue weighted by Crippen LogP contribution is -2.20. The number of nitrogens with one attached hydrogen (secondary N) is 2. The van der Waals surface area contributed by atoms with Crippen molar-refractivity contribution in [2.45, 2.75) is 6.92 Å². The molecule has 1 aromatic heterocycles. The van der Waals surface area contributed by atoms with Crippen LogP contribution in [0.2, 0.25) is 0 Å². The van der Waals surface area contributed by atoms with E-state index in [1.807, 2.05) is 24.3 Å². The number of carbonyl (C=O) groups excluding carboxylic acids is 1. The standard InChI is InChI=1S/C18H15N5O2/c1-12-17(19-18(25)23-20-12)22-21-15(13-8-4-2-5-9-13)16(24)14-10-6-3-7-11-14/h2-11H,1H3,(H2,19,22,23,25). The lowest BCUT2D eigenvalue weighted by atomic mass is 10.0. The molecule has 7 heteroatoms. The highest BCUT2D eigenvalue weighted by Gasteiger charge is 2.16. The van der Waals surface area contributed by atoms with Gasteiger partial charge in [0.05, 0.1) is 0 Å². The molecule has 2 aromatic carbocycles. The number of carbonyl (C=O) groups is 1. The molecule has 0 saturated carbocycles. The fourth-order valence-electron chi connectivity index (χ4n) is 2.18. The number of hydrogen-bond acceptors (Lipinski definition) is 6. The van der Waals surface area contributed by atoms with Crippen molar-refractivity contribution in [3.63, 3.8) is 0 Å². The second-order valence-corrected chi connectivity index (χ2v) is 5.21. The number of benzene rings is 2. The number of nitrogens with zero attached hydrogens (tertiary/aromatic N) is 3. The highest BCUT2D eigenvalue weighted by atomic mass is 16.1. The van der Waals surface area contributed by atoms with Crippen LogP contribution >= 0.6 is 0 Å². The van der Waals surface area contributed by atoms with Gasteiger partial charge in [0.25, 0.3) is 0 Å². The summed E-state index contributed by atoms with van der Waals surface area (Å²) in [5, 5.41) is 10.3. The molecule has 0 aliphatic heterocycles. The van der Waals surface area contributed by atoms with Crippen molar-refractivity contribution in [3.8, 4) is 0 Å². The fourth-order valence-corrected chi connectivity index (χ4v) is 2.18. The van der Waals surface area contributed by atoms with Crippen molar-refractivity contribution in [1.82, 2.24) is 15.2 Å². The highest BCUT2D eigenvalue weighted by Crippen LogP contribution is 2.11. The molecule has 0 bridgehead atoms. The number of Topliss-reactive ketones (excluding diaryl/α,β-unsaturated/α-hetero) is 1. The molecule has 25 heavy (non-hydrogen) atoms. The largest absolute Gasteiger partial charge is 0.363 e. The lowest BCUT2D eigenvalue weighted by Gasteiger charge is -2.08. The zero-order valence-electron chi connectivity index (χ0n) is 13.4. The number of aromatic amines is 1. The van der Waals surface area contributed by atoms with Crippen LogP contribution in [0.15, 0.2) is 70.6 Å². The van der Waals surface area contributed by atoms with Gasteiger partial charge in [0.1, 0.15) is 11.4 Å². The molecule has 124 valence electrons. The summed E-state index contributed by atoms with van der Waals surface area (Å²) in [7, 11) is 0. The van der Waals surface area contributed by atoms with Gasteiger partial charge >= 0.3 is 5.69 Å². The Bertz CT molecular complexity index is 966. The van der Waals surface area contributed by atoms with Crippen molar-refractivity contribution in [2.75, 3.05) is 5.43 Å². The van der Waals surface area contributed by atoms with E-state index < -0.39 is 5.69 Å². The number of hydrazone groups is 1. The lowest BCUT2D eigenvalue weighted by molar-refractivity contribution is 0.106. The second kappa shape index (κ2) is 7.31. The molecular formula is C18H15N5O2. The number of hydrogen-bond donors (Lipinski definition) is 2.